The summed E-state index contributed by atoms with van der Waals surface area (Å²) in [6.07, 6.45) is -9.01. The number of aryl methyl sites for hydroxylation is 1. The van der Waals surface area contributed by atoms with Gasteiger partial charge in [0.25, 0.3) is 0 Å². The maximum atomic E-state index is 13.9. The van der Waals surface area contributed by atoms with Crippen LogP contribution in [-0.4, -0.2) is 6.18 Å². The molecule has 0 radical (unpaired) electrons. The molecule has 0 aliphatic carbocycles. The monoisotopic (exact) mass is 451 g/mol. The van der Waals surface area contributed by atoms with Crippen LogP contribution in [-0.2, 0) is 16.6 Å². The molecule has 1 N–H and O–H groups in total. The van der Waals surface area contributed by atoms with E-state index in [4.69, 9.17) is 4.84 Å². The summed E-state index contributed by atoms with van der Waals surface area (Å²) >= 11 is 3.30. The Morgan fingerprint density at radius 1 is 1.00 bits per heavy atom. The average Bonchev–Trinajstić information content (AvgIpc) is 3.03. The summed E-state index contributed by atoms with van der Waals surface area (Å²) in [6.45, 7) is 1.76. The van der Waals surface area contributed by atoms with Crippen molar-refractivity contribution >= 4 is 21.6 Å². The van der Waals surface area contributed by atoms with Crippen molar-refractivity contribution in [2.75, 3.05) is 0 Å². The maximum Gasteiger partial charge on any atom is 0.428 e. The van der Waals surface area contributed by atoms with Gasteiger partial charge in [-0.3, -0.25) is 10.3 Å². The van der Waals surface area contributed by atoms with Gasteiger partial charge in [-0.2, -0.15) is 26.3 Å². The summed E-state index contributed by atoms with van der Waals surface area (Å²) in [5.74, 6) is 0. The van der Waals surface area contributed by atoms with Crippen molar-refractivity contribution in [2.24, 2.45) is 0 Å². The predicted octanol–water partition coefficient (Wildman–Crippen LogP) is 6.11. The van der Waals surface area contributed by atoms with E-state index in [1.165, 1.54) is 0 Å². The molecule has 0 bridgehead atoms. The van der Waals surface area contributed by atoms with Crippen molar-refractivity contribution in [1.82, 2.24) is 5.48 Å². The molecule has 1 aliphatic heterocycles. The summed E-state index contributed by atoms with van der Waals surface area (Å²) in [5.41, 5.74) is -1.47. The van der Waals surface area contributed by atoms with Crippen molar-refractivity contribution in [1.29, 1.82) is 0 Å². The minimum absolute atomic E-state index is 0.0142. The lowest BCUT2D eigenvalue weighted by Gasteiger charge is -2.29. The van der Waals surface area contributed by atoms with E-state index in [0.717, 1.165) is 28.2 Å². The lowest BCUT2D eigenvalue weighted by molar-refractivity contribution is -0.269. The first-order chi connectivity index (χ1) is 12.4. The zero-order valence-corrected chi connectivity index (χ0v) is 15.3. The van der Waals surface area contributed by atoms with E-state index in [1.807, 2.05) is 0 Å². The molecule has 1 heterocycles. The molecule has 1 unspecified atom stereocenters. The second-order valence-corrected chi connectivity index (χ2v) is 6.89. The van der Waals surface area contributed by atoms with Gasteiger partial charge in [0.1, 0.15) is 0 Å². The van der Waals surface area contributed by atoms with Crippen LogP contribution in [0.15, 0.2) is 53.0 Å². The summed E-state index contributed by atoms with van der Waals surface area (Å²) < 4.78 is 81.2. The Morgan fingerprint density at radius 2 is 1.70 bits per heavy atom. The van der Waals surface area contributed by atoms with Crippen molar-refractivity contribution in [2.45, 2.75) is 24.9 Å². The number of rotatable bonds is 2. The quantitative estimate of drug-likeness (QED) is 0.556. The SMILES string of the molecule is Cc1cc(C2=CC(c3cccc(C(F)(F)F)c3)(C(F)(F)F)ON2)ccc1Br. The van der Waals surface area contributed by atoms with E-state index >= 15 is 0 Å². The van der Waals surface area contributed by atoms with Crippen LogP contribution in [0, 0.1) is 6.92 Å². The van der Waals surface area contributed by atoms with Crippen molar-refractivity contribution in [3.05, 3.63) is 75.3 Å². The van der Waals surface area contributed by atoms with Gasteiger partial charge in [-0.05, 0) is 42.8 Å². The van der Waals surface area contributed by atoms with Crippen LogP contribution < -0.4 is 5.48 Å². The number of benzene rings is 2. The molecule has 2 aromatic rings. The molecule has 9 heteroatoms. The first kappa shape index (κ1) is 19.8. The smallest absolute Gasteiger partial charge is 0.265 e. The summed E-state index contributed by atoms with van der Waals surface area (Å²) in [7, 11) is 0. The van der Waals surface area contributed by atoms with Gasteiger partial charge in [-0.15, -0.1) is 0 Å². The zero-order chi connectivity index (χ0) is 20.0. The van der Waals surface area contributed by atoms with E-state index in [2.05, 4.69) is 21.4 Å². The first-order valence-corrected chi connectivity index (χ1v) is 8.41. The molecular formula is C18H12BrF6NO. The third kappa shape index (κ3) is 3.58. The van der Waals surface area contributed by atoms with Crippen LogP contribution in [0.2, 0.25) is 0 Å². The second kappa shape index (κ2) is 6.56. The fourth-order valence-corrected chi connectivity index (χ4v) is 2.97. The van der Waals surface area contributed by atoms with Crippen LogP contribution >= 0.6 is 15.9 Å². The van der Waals surface area contributed by atoms with E-state index in [1.54, 1.807) is 25.1 Å². The van der Waals surface area contributed by atoms with Crippen molar-refractivity contribution in [3.63, 3.8) is 0 Å². The Kier molecular flexibility index (Phi) is 4.80. The fourth-order valence-electron chi connectivity index (χ4n) is 2.72. The zero-order valence-electron chi connectivity index (χ0n) is 13.7. The van der Waals surface area contributed by atoms with Crippen LogP contribution in [0.4, 0.5) is 26.3 Å². The highest BCUT2D eigenvalue weighted by Gasteiger charge is 2.59. The van der Waals surface area contributed by atoms with Gasteiger partial charge < -0.3 is 0 Å². The molecule has 0 amide bonds. The fraction of sp³-hybridized carbons (Fsp3) is 0.222. The Morgan fingerprint density at radius 3 is 2.30 bits per heavy atom. The lowest BCUT2D eigenvalue weighted by Crippen LogP contribution is -2.42. The van der Waals surface area contributed by atoms with Crippen molar-refractivity contribution < 1.29 is 31.2 Å². The molecule has 3 rings (SSSR count). The van der Waals surface area contributed by atoms with Gasteiger partial charge in [-0.25, -0.2) is 0 Å². The molecule has 2 nitrogen and oxygen atoms in total. The number of nitrogens with one attached hydrogen (secondary N) is 1. The minimum atomic E-state index is -4.99. The molecule has 1 atom stereocenters. The normalized spacial score (nSPS) is 20.4. The molecule has 0 saturated heterocycles. The Balaban J connectivity index is 2.13. The number of hydrogen-bond donors (Lipinski definition) is 1. The molecule has 27 heavy (non-hydrogen) atoms. The number of hydrogen-bond acceptors (Lipinski definition) is 2. The molecule has 0 saturated carbocycles. The first-order valence-electron chi connectivity index (χ1n) is 7.62. The molecule has 1 aliphatic rings. The maximum absolute atomic E-state index is 13.9. The molecule has 2 aromatic carbocycles. The van der Waals surface area contributed by atoms with E-state index < -0.39 is 29.1 Å². The molecule has 0 spiro atoms. The minimum Gasteiger partial charge on any atom is -0.265 e. The predicted molar refractivity (Wildman–Crippen MR) is 90.3 cm³/mol. The summed E-state index contributed by atoms with van der Waals surface area (Å²) in [4.78, 5) is 4.85. The second-order valence-electron chi connectivity index (χ2n) is 6.04. The van der Waals surface area contributed by atoms with Gasteiger partial charge in [0.2, 0.25) is 5.60 Å². The van der Waals surface area contributed by atoms with Gasteiger partial charge in [-0.1, -0.05) is 34.1 Å². The molecule has 144 valence electrons. The largest absolute Gasteiger partial charge is 0.428 e. The Bertz CT molecular complexity index is 905. The average molecular weight is 452 g/mol. The van der Waals surface area contributed by atoms with Crippen LogP contribution in [0.1, 0.15) is 22.3 Å². The van der Waals surface area contributed by atoms with E-state index in [9.17, 15) is 26.3 Å². The van der Waals surface area contributed by atoms with Gasteiger partial charge in [0.05, 0.1) is 11.3 Å². The third-order valence-corrected chi connectivity index (χ3v) is 5.07. The summed E-state index contributed by atoms with van der Waals surface area (Å²) in [6, 6.07) is 7.88. The standard InChI is InChI=1S/C18H12BrF6NO/c1-10-7-11(5-6-14(10)19)15-9-16(27-26-15,18(23,24)25)12-3-2-4-13(8-12)17(20,21)22/h2-9,26H,1H3. The molecular weight excluding hydrogens is 440 g/mol. The number of hydroxylamine groups is 1. The summed E-state index contributed by atoms with van der Waals surface area (Å²) in [5, 5.41) is 0. The van der Waals surface area contributed by atoms with Crippen LogP contribution in [0.25, 0.3) is 5.70 Å². The topological polar surface area (TPSA) is 21.3 Å². The highest BCUT2D eigenvalue weighted by atomic mass is 79.9. The number of halogens is 7. The van der Waals surface area contributed by atoms with E-state index in [0.29, 0.717) is 17.7 Å². The number of alkyl halides is 6. The lowest BCUT2D eigenvalue weighted by atomic mass is 9.90. The Labute approximate surface area is 158 Å². The van der Waals surface area contributed by atoms with E-state index in [-0.39, 0.29) is 5.70 Å². The Hall–Kier alpha value is -2.00. The third-order valence-electron chi connectivity index (χ3n) is 4.18. The van der Waals surface area contributed by atoms with Crippen LogP contribution in [0.5, 0.6) is 0 Å². The van der Waals surface area contributed by atoms with Gasteiger partial charge in [0, 0.05) is 15.6 Å². The van der Waals surface area contributed by atoms with Gasteiger partial charge >= 0.3 is 12.4 Å². The molecule has 0 fully saturated rings. The highest BCUT2D eigenvalue weighted by Crippen LogP contribution is 2.48. The van der Waals surface area contributed by atoms with Crippen molar-refractivity contribution in [3.8, 4) is 0 Å². The highest BCUT2D eigenvalue weighted by molar-refractivity contribution is 9.10. The van der Waals surface area contributed by atoms with Crippen LogP contribution in [0.3, 0.4) is 0 Å². The van der Waals surface area contributed by atoms with Gasteiger partial charge in [0.15, 0.2) is 0 Å². The molecule has 0 aromatic heterocycles.